The monoisotopic (exact) mass is 526 g/mol. The molecule has 0 spiro atoms. The number of amides is 2. The van der Waals surface area contributed by atoms with E-state index in [-0.39, 0.29) is 28.9 Å². The van der Waals surface area contributed by atoms with Crippen molar-refractivity contribution in [1.29, 1.82) is 0 Å². The quantitative estimate of drug-likeness (QED) is 0.213. The Bertz CT molecular complexity index is 1540. The predicted molar refractivity (Wildman–Crippen MR) is 133 cm³/mol. The number of hydrogen-bond donors (Lipinski definition) is 3. The van der Waals surface area contributed by atoms with Crippen LogP contribution in [0, 0.1) is 5.82 Å². The highest BCUT2D eigenvalue weighted by Gasteiger charge is 2.34. The highest BCUT2D eigenvalue weighted by Crippen LogP contribution is 2.37. The van der Waals surface area contributed by atoms with Gasteiger partial charge in [-0.15, -0.1) is 0 Å². The second-order valence-corrected chi connectivity index (χ2v) is 9.02. The van der Waals surface area contributed by atoms with Gasteiger partial charge in [0.2, 0.25) is 0 Å². The first kappa shape index (κ1) is 25.2. The molecule has 2 heterocycles. The van der Waals surface area contributed by atoms with E-state index in [1.807, 2.05) is 4.57 Å². The standard InChI is InChI=1S/C26H22F4N6O2/c27-15-8-9-20(19(11-15)26(28,29)30)35-25(38)34-16-5-3-4-14(10-16)22(37)18-12-36(17-6-1-2-7-17)24-21(18)23(31)32-13-33-24/h3-5,8-13,17H,1-2,6-7H2,(H2,31,32,33)(H2,34,35,38). The summed E-state index contributed by atoms with van der Waals surface area (Å²) in [5, 5.41) is 4.93. The number of rotatable bonds is 5. The van der Waals surface area contributed by atoms with Crippen LogP contribution in [0.1, 0.15) is 53.2 Å². The van der Waals surface area contributed by atoms with Gasteiger partial charge in [-0.2, -0.15) is 13.2 Å². The normalized spacial score (nSPS) is 14.1. The number of nitrogens with zero attached hydrogens (tertiary/aromatic N) is 3. The van der Waals surface area contributed by atoms with Crippen molar-refractivity contribution >= 4 is 40.0 Å². The third kappa shape index (κ3) is 4.89. The van der Waals surface area contributed by atoms with Gasteiger partial charge in [-0.3, -0.25) is 4.79 Å². The Kier molecular flexibility index (Phi) is 6.47. The van der Waals surface area contributed by atoms with Gasteiger partial charge < -0.3 is 20.9 Å². The number of halogens is 4. The molecule has 1 aliphatic carbocycles. The minimum atomic E-state index is -4.87. The highest BCUT2D eigenvalue weighted by molar-refractivity contribution is 6.18. The van der Waals surface area contributed by atoms with Crippen molar-refractivity contribution in [1.82, 2.24) is 14.5 Å². The number of ketones is 1. The lowest BCUT2D eigenvalue weighted by Gasteiger charge is -2.14. The van der Waals surface area contributed by atoms with E-state index in [2.05, 4.69) is 20.6 Å². The number of nitrogen functional groups attached to an aromatic ring is 1. The van der Waals surface area contributed by atoms with Crippen LogP contribution >= 0.6 is 0 Å². The molecule has 0 unspecified atom stereocenters. The summed E-state index contributed by atoms with van der Waals surface area (Å²) < 4.78 is 55.1. The van der Waals surface area contributed by atoms with Crippen molar-refractivity contribution in [2.75, 3.05) is 16.4 Å². The maximum atomic E-state index is 13.5. The van der Waals surface area contributed by atoms with Gasteiger partial charge in [0.05, 0.1) is 22.2 Å². The van der Waals surface area contributed by atoms with E-state index in [4.69, 9.17) is 5.73 Å². The van der Waals surface area contributed by atoms with Crippen molar-refractivity contribution in [3.05, 3.63) is 77.5 Å². The van der Waals surface area contributed by atoms with Gasteiger partial charge in [-0.05, 0) is 43.2 Å². The zero-order valence-corrected chi connectivity index (χ0v) is 19.8. The first-order valence-electron chi connectivity index (χ1n) is 11.8. The van der Waals surface area contributed by atoms with E-state index < -0.39 is 29.3 Å². The molecule has 0 saturated heterocycles. The molecule has 12 heteroatoms. The average Bonchev–Trinajstić information content (AvgIpc) is 3.53. The Balaban J connectivity index is 1.41. The Hall–Kier alpha value is -4.48. The summed E-state index contributed by atoms with van der Waals surface area (Å²) in [6, 6.07) is 7.07. The lowest BCUT2D eigenvalue weighted by molar-refractivity contribution is -0.137. The highest BCUT2D eigenvalue weighted by atomic mass is 19.4. The molecule has 0 radical (unpaired) electrons. The number of urea groups is 1. The molecule has 4 aromatic rings. The second-order valence-electron chi connectivity index (χ2n) is 9.02. The number of fused-ring (bicyclic) bond motifs is 1. The molecule has 4 N–H and O–H groups in total. The molecule has 2 aromatic carbocycles. The number of anilines is 3. The summed E-state index contributed by atoms with van der Waals surface area (Å²) in [5.41, 5.74) is 5.44. The topological polar surface area (TPSA) is 115 Å². The van der Waals surface area contributed by atoms with Crippen molar-refractivity contribution in [2.45, 2.75) is 37.9 Å². The lowest BCUT2D eigenvalue weighted by Crippen LogP contribution is -2.22. The third-order valence-corrected chi connectivity index (χ3v) is 6.52. The number of nitrogens with two attached hydrogens (primary N) is 1. The van der Waals surface area contributed by atoms with E-state index in [9.17, 15) is 27.2 Å². The van der Waals surface area contributed by atoms with Crippen LogP contribution in [0.25, 0.3) is 11.0 Å². The Morgan fingerprint density at radius 2 is 1.79 bits per heavy atom. The second kappa shape index (κ2) is 9.77. The van der Waals surface area contributed by atoms with Crippen molar-refractivity contribution in [3.8, 4) is 0 Å². The van der Waals surface area contributed by atoms with Gasteiger partial charge in [0, 0.05) is 23.5 Å². The number of aromatic nitrogens is 3. The number of carbonyl (C=O) groups is 2. The van der Waals surface area contributed by atoms with Gasteiger partial charge in [-0.1, -0.05) is 25.0 Å². The van der Waals surface area contributed by atoms with E-state index >= 15 is 0 Å². The maximum Gasteiger partial charge on any atom is 0.418 e. The SMILES string of the molecule is Nc1ncnc2c1c(C(=O)c1cccc(NC(=O)Nc3ccc(F)cc3C(F)(F)F)c1)cn2C1CCCC1. The predicted octanol–water partition coefficient (Wildman–Crippen LogP) is 6.16. The summed E-state index contributed by atoms with van der Waals surface area (Å²) in [5.74, 6) is -1.30. The molecular formula is C26H22F4N6O2. The zero-order chi connectivity index (χ0) is 27.0. The number of hydrogen-bond acceptors (Lipinski definition) is 5. The molecule has 2 aromatic heterocycles. The van der Waals surface area contributed by atoms with Gasteiger partial charge in [0.1, 0.15) is 23.6 Å². The van der Waals surface area contributed by atoms with Crippen LogP contribution in [0.15, 0.2) is 55.0 Å². The Labute approximate surface area is 213 Å². The van der Waals surface area contributed by atoms with Gasteiger partial charge >= 0.3 is 12.2 Å². The summed E-state index contributed by atoms with van der Waals surface area (Å²) >= 11 is 0. The fourth-order valence-corrected chi connectivity index (χ4v) is 4.78. The van der Waals surface area contributed by atoms with Crippen LogP contribution in [0.2, 0.25) is 0 Å². The molecule has 1 fully saturated rings. The smallest absolute Gasteiger partial charge is 0.383 e. The number of nitrogens with one attached hydrogen (secondary N) is 2. The van der Waals surface area contributed by atoms with E-state index in [1.165, 1.54) is 24.5 Å². The average molecular weight is 526 g/mol. The van der Waals surface area contributed by atoms with Crippen molar-refractivity contribution in [3.63, 3.8) is 0 Å². The van der Waals surface area contributed by atoms with Crippen LogP contribution in [-0.4, -0.2) is 26.3 Å². The molecule has 1 aliphatic rings. The first-order valence-corrected chi connectivity index (χ1v) is 11.8. The summed E-state index contributed by atoms with van der Waals surface area (Å²) in [6.07, 6.45) is 2.28. The third-order valence-electron chi connectivity index (χ3n) is 6.52. The summed E-state index contributed by atoms with van der Waals surface area (Å²) in [4.78, 5) is 34.4. The lowest BCUT2D eigenvalue weighted by atomic mass is 10.0. The molecule has 38 heavy (non-hydrogen) atoms. The molecule has 0 atom stereocenters. The summed E-state index contributed by atoms with van der Waals surface area (Å²) in [7, 11) is 0. The number of carbonyl (C=O) groups excluding carboxylic acids is 2. The van der Waals surface area contributed by atoms with Gasteiger partial charge in [-0.25, -0.2) is 19.2 Å². The van der Waals surface area contributed by atoms with E-state index in [0.29, 0.717) is 22.7 Å². The first-order chi connectivity index (χ1) is 18.1. The minimum Gasteiger partial charge on any atom is -0.383 e. The van der Waals surface area contributed by atoms with E-state index in [1.54, 1.807) is 12.3 Å². The maximum absolute atomic E-state index is 13.5. The largest absolute Gasteiger partial charge is 0.418 e. The summed E-state index contributed by atoms with van der Waals surface area (Å²) in [6.45, 7) is 0. The zero-order valence-electron chi connectivity index (χ0n) is 19.8. The molecule has 5 rings (SSSR count). The van der Waals surface area contributed by atoms with Crippen LogP contribution in [-0.2, 0) is 6.18 Å². The number of alkyl halides is 3. The molecule has 1 saturated carbocycles. The number of benzene rings is 2. The molecule has 8 nitrogen and oxygen atoms in total. The fourth-order valence-electron chi connectivity index (χ4n) is 4.78. The fraction of sp³-hybridized carbons (Fsp3) is 0.231. The van der Waals surface area contributed by atoms with Gasteiger partial charge in [0.25, 0.3) is 0 Å². The molecule has 2 amide bonds. The molecule has 0 bridgehead atoms. The van der Waals surface area contributed by atoms with Crippen LogP contribution in [0.4, 0.5) is 39.5 Å². The van der Waals surface area contributed by atoms with Crippen molar-refractivity contribution in [2.24, 2.45) is 0 Å². The van der Waals surface area contributed by atoms with Crippen molar-refractivity contribution < 1.29 is 27.2 Å². The van der Waals surface area contributed by atoms with Gasteiger partial charge in [0.15, 0.2) is 5.78 Å². The molecule has 196 valence electrons. The Morgan fingerprint density at radius 3 is 2.53 bits per heavy atom. The van der Waals surface area contributed by atoms with Crippen LogP contribution < -0.4 is 16.4 Å². The molecule has 0 aliphatic heterocycles. The Morgan fingerprint density at radius 1 is 1.03 bits per heavy atom. The van der Waals surface area contributed by atoms with E-state index in [0.717, 1.165) is 37.8 Å². The van der Waals surface area contributed by atoms with Crippen LogP contribution in [0.3, 0.4) is 0 Å². The minimum absolute atomic E-state index is 0.160. The molecular weight excluding hydrogens is 504 g/mol. The van der Waals surface area contributed by atoms with Crippen LogP contribution in [0.5, 0.6) is 0 Å².